The van der Waals surface area contributed by atoms with Gasteiger partial charge in [-0.15, -0.1) is 0 Å². The number of hydrogen-bond donors (Lipinski definition) is 2. The third-order valence-corrected chi connectivity index (χ3v) is 4.66. The van der Waals surface area contributed by atoms with Crippen molar-refractivity contribution in [2.45, 2.75) is 6.92 Å². The minimum atomic E-state index is -0.210. The maximum Gasteiger partial charge on any atom is 0.261 e. The lowest BCUT2D eigenvalue weighted by molar-refractivity contribution is 0.0619. The van der Waals surface area contributed by atoms with Crippen molar-refractivity contribution in [2.75, 3.05) is 52.1 Å². The highest BCUT2D eigenvalue weighted by Crippen LogP contribution is 2.34. The topological polar surface area (TPSA) is 64.7 Å². The van der Waals surface area contributed by atoms with Crippen LogP contribution in [0, 0.1) is 0 Å². The van der Waals surface area contributed by atoms with Gasteiger partial charge in [-0.3, -0.25) is 14.5 Å². The van der Waals surface area contributed by atoms with Gasteiger partial charge in [0, 0.05) is 60.3 Å². The molecule has 2 aromatic carbocycles. The fraction of sp³-hybridized carbons (Fsp3) is 0.400. The van der Waals surface area contributed by atoms with Crippen molar-refractivity contribution in [3.63, 3.8) is 0 Å². The van der Waals surface area contributed by atoms with Crippen molar-refractivity contribution in [3.05, 3.63) is 41.5 Å². The lowest BCUT2D eigenvalue weighted by Crippen LogP contribution is -2.40. The average molecular weight is 354 g/mol. The molecule has 6 nitrogen and oxygen atoms in total. The number of amides is 2. The van der Waals surface area contributed by atoms with Crippen LogP contribution in [0.5, 0.6) is 0 Å². The van der Waals surface area contributed by atoms with E-state index in [4.69, 9.17) is 0 Å². The first-order chi connectivity index (χ1) is 12.5. The first kappa shape index (κ1) is 18.4. The normalized spacial score (nSPS) is 13.8. The Morgan fingerprint density at radius 1 is 0.962 bits per heavy atom. The highest BCUT2D eigenvalue weighted by Gasteiger charge is 2.32. The van der Waals surface area contributed by atoms with Crippen molar-refractivity contribution < 1.29 is 9.59 Å². The first-order valence-electron chi connectivity index (χ1n) is 9.05. The number of carbonyl (C=O) groups excluding carboxylic acids is 2. The molecule has 0 fully saturated rings. The lowest BCUT2D eigenvalue weighted by Gasteiger charge is -2.26. The van der Waals surface area contributed by atoms with E-state index >= 15 is 0 Å². The third-order valence-electron chi connectivity index (χ3n) is 4.66. The number of nitrogens with one attached hydrogen (secondary N) is 2. The van der Waals surface area contributed by atoms with Crippen molar-refractivity contribution in [1.82, 2.24) is 15.1 Å². The molecule has 6 heteroatoms. The number of hydrogen-bond acceptors (Lipinski definition) is 5. The molecule has 2 amide bonds. The van der Waals surface area contributed by atoms with Gasteiger partial charge in [0.05, 0.1) is 0 Å². The number of anilines is 1. The van der Waals surface area contributed by atoms with E-state index in [0.717, 1.165) is 42.6 Å². The van der Waals surface area contributed by atoms with Crippen LogP contribution in [-0.2, 0) is 0 Å². The van der Waals surface area contributed by atoms with Crippen molar-refractivity contribution >= 4 is 28.3 Å². The summed E-state index contributed by atoms with van der Waals surface area (Å²) in [5.74, 6) is -0.420. The van der Waals surface area contributed by atoms with Crippen LogP contribution in [0.4, 0.5) is 5.69 Å². The molecule has 26 heavy (non-hydrogen) atoms. The van der Waals surface area contributed by atoms with Gasteiger partial charge in [-0.1, -0.05) is 12.1 Å². The summed E-state index contributed by atoms with van der Waals surface area (Å²) >= 11 is 0. The molecule has 0 aromatic heterocycles. The molecule has 0 atom stereocenters. The molecule has 1 aliphatic heterocycles. The lowest BCUT2D eigenvalue weighted by atomic mass is 9.93. The van der Waals surface area contributed by atoms with E-state index in [1.54, 1.807) is 6.07 Å². The van der Waals surface area contributed by atoms with Gasteiger partial charge in [0.2, 0.25) is 0 Å². The number of benzene rings is 2. The molecule has 0 spiro atoms. The molecule has 0 unspecified atom stereocenters. The predicted molar refractivity (Wildman–Crippen MR) is 105 cm³/mol. The highest BCUT2D eigenvalue weighted by molar-refractivity contribution is 6.26. The zero-order chi connectivity index (χ0) is 18.7. The van der Waals surface area contributed by atoms with Crippen LogP contribution in [0.25, 0.3) is 10.8 Å². The molecule has 138 valence electrons. The molecule has 0 aliphatic carbocycles. The van der Waals surface area contributed by atoms with E-state index in [9.17, 15) is 9.59 Å². The zero-order valence-corrected chi connectivity index (χ0v) is 15.6. The quantitative estimate of drug-likeness (QED) is 0.561. The maximum absolute atomic E-state index is 12.6. The fourth-order valence-electron chi connectivity index (χ4n) is 3.30. The van der Waals surface area contributed by atoms with Crippen LogP contribution in [-0.4, -0.2) is 68.4 Å². The van der Waals surface area contributed by atoms with Crippen LogP contribution < -0.4 is 10.6 Å². The molecule has 0 bridgehead atoms. The summed E-state index contributed by atoms with van der Waals surface area (Å²) in [4.78, 5) is 28.7. The molecule has 2 aromatic rings. The fourth-order valence-corrected chi connectivity index (χ4v) is 3.30. The molecule has 2 N–H and O–H groups in total. The summed E-state index contributed by atoms with van der Waals surface area (Å²) in [5, 5.41) is 8.49. The predicted octanol–water partition coefficient (Wildman–Crippen LogP) is 2.02. The van der Waals surface area contributed by atoms with Gasteiger partial charge in [-0.05, 0) is 39.2 Å². The zero-order valence-electron chi connectivity index (χ0n) is 15.6. The molecule has 0 radical (unpaired) electrons. The minimum absolute atomic E-state index is 0.210. The second kappa shape index (κ2) is 7.85. The standard InChI is InChI=1S/C20H26N4O2/c1-4-24-19(25)15-7-5-6-14-17(9-8-16(18(14)15)20(24)26)22-11-10-21-12-13-23(2)3/h5-9,21-22H,4,10-13H2,1-3H3. The summed E-state index contributed by atoms with van der Waals surface area (Å²) in [6.07, 6.45) is 0. The summed E-state index contributed by atoms with van der Waals surface area (Å²) < 4.78 is 0. The molecule has 3 rings (SSSR count). The smallest absolute Gasteiger partial charge is 0.261 e. The van der Waals surface area contributed by atoms with E-state index in [-0.39, 0.29) is 11.8 Å². The maximum atomic E-state index is 12.6. The highest BCUT2D eigenvalue weighted by atomic mass is 16.2. The minimum Gasteiger partial charge on any atom is -0.383 e. The van der Waals surface area contributed by atoms with Crippen LogP contribution in [0.2, 0.25) is 0 Å². The van der Waals surface area contributed by atoms with E-state index in [0.29, 0.717) is 17.7 Å². The van der Waals surface area contributed by atoms with E-state index < -0.39 is 0 Å². The Labute approximate surface area is 154 Å². The molecule has 1 heterocycles. The van der Waals surface area contributed by atoms with Crippen LogP contribution in [0.3, 0.4) is 0 Å². The molecular formula is C20H26N4O2. The largest absolute Gasteiger partial charge is 0.383 e. The average Bonchev–Trinajstić information content (AvgIpc) is 2.63. The Bertz CT molecular complexity index is 810. The molecule has 0 saturated carbocycles. The van der Waals surface area contributed by atoms with Crippen molar-refractivity contribution in [1.29, 1.82) is 0 Å². The van der Waals surface area contributed by atoms with Crippen LogP contribution >= 0.6 is 0 Å². The van der Waals surface area contributed by atoms with Crippen molar-refractivity contribution in [3.8, 4) is 0 Å². The monoisotopic (exact) mass is 354 g/mol. The Kier molecular flexibility index (Phi) is 5.54. The second-order valence-corrected chi connectivity index (χ2v) is 6.72. The van der Waals surface area contributed by atoms with Gasteiger partial charge in [-0.25, -0.2) is 0 Å². The summed E-state index contributed by atoms with van der Waals surface area (Å²) in [6.45, 7) is 5.76. The second-order valence-electron chi connectivity index (χ2n) is 6.72. The number of likely N-dealkylation sites (N-methyl/N-ethyl adjacent to an activating group) is 1. The van der Waals surface area contributed by atoms with Gasteiger partial charge in [-0.2, -0.15) is 0 Å². The molecule has 0 saturated heterocycles. The first-order valence-corrected chi connectivity index (χ1v) is 9.05. The number of imide groups is 1. The van der Waals surface area contributed by atoms with Crippen LogP contribution in [0.15, 0.2) is 30.3 Å². The Hall–Kier alpha value is -2.44. The third kappa shape index (κ3) is 3.43. The van der Waals surface area contributed by atoms with E-state index in [2.05, 4.69) is 29.6 Å². The van der Waals surface area contributed by atoms with Gasteiger partial charge < -0.3 is 15.5 Å². The van der Waals surface area contributed by atoms with E-state index in [1.807, 2.05) is 31.2 Å². The molecule has 1 aliphatic rings. The van der Waals surface area contributed by atoms with E-state index in [1.165, 1.54) is 4.90 Å². The number of nitrogens with zero attached hydrogens (tertiary/aromatic N) is 2. The SMILES string of the molecule is CCN1C(=O)c2cccc3c(NCCNCCN(C)C)ccc(c23)C1=O. The van der Waals surface area contributed by atoms with Gasteiger partial charge in [0.1, 0.15) is 0 Å². The number of carbonyl (C=O) groups is 2. The van der Waals surface area contributed by atoms with Crippen LogP contribution in [0.1, 0.15) is 27.6 Å². The molecular weight excluding hydrogens is 328 g/mol. The number of rotatable bonds is 8. The van der Waals surface area contributed by atoms with Gasteiger partial charge in [0.15, 0.2) is 0 Å². The summed E-state index contributed by atoms with van der Waals surface area (Å²) in [5.41, 5.74) is 2.16. The van der Waals surface area contributed by atoms with Gasteiger partial charge >= 0.3 is 0 Å². The Morgan fingerprint density at radius 3 is 2.38 bits per heavy atom. The van der Waals surface area contributed by atoms with Crippen molar-refractivity contribution in [2.24, 2.45) is 0 Å². The summed E-state index contributed by atoms with van der Waals surface area (Å²) in [6, 6.07) is 9.40. The Balaban J connectivity index is 1.80. The van der Waals surface area contributed by atoms with Gasteiger partial charge in [0.25, 0.3) is 11.8 Å². The Morgan fingerprint density at radius 2 is 1.69 bits per heavy atom. The summed E-state index contributed by atoms with van der Waals surface area (Å²) in [7, 11) is 4.11.